The Morgan fingerprint density at radius 2 is 2.13 bits per heavy atom. The van der Waals surface area contributed by atoms with Crippen LogP contribution in [0.2, 0.25) is 0 Å². The quantitative estimate of drug-likeness (QED) is 0.917. The Kier molecular flexibility index (Phi) is 4.62. The fraction of sp³-hybridized carbons (Fsp3) is 0.294. The van der Waals surface area contributed by atoms with Gasteiger partial charge < -0.3 is 15.0 Å². The number of ether oxygens (including phenoxy) is 1. The number of rotatable bonds is 5. The summed E-state index contributed by atoms with van der Waals surface area (Å²) in [5, 5.41) is 4.85. The van der Waals surface area contributed by atoms with Crippen LogP contribution in [-0.2, 0) is 16.1 Å². The molecule has 1 aliphatic rings. The van der Waals surface area contributed by atoms with E-state index in [1.807, 2.05) is 17.5 Å². The predicted molar refractivity (Wildman–Crippen MR) is 89.5 cm³/mol. The molecule has 1 aromatic carbocycles. The number of carbonyl (C=O) groups is 2. The number of likely N-dealkylation sites (tertiary alicyclic amines) is 1. The van der Waals surface area contributed by atoms with Crippen LogP contribution in [0.4, 0.5) is 5.69 Å². The van der Waals surface area contributed by atoms with E-state index in [-0.39, 0.29) is 11.8 Å². The summed E-state index contributed by atoms with van der Waals surface area (Å²) in [6.07, 6.45) is 0.984. The van der Waals surface area contributed by atoms with Gasteiger partial charge in [-0.25, -0.2) is 0 Å². The van der Waals surface area contributed by atoms with Crippen LogP contribution in [0.15, 0.2) is 41.8 Å². The fourth-order valence-corrected chi connectivity index (χ4v) is 3.38. The molecule has 0 aliphatic carbocycles. The minimum Gasteiger partial charge on any atom is -0.497 e. The Morgan fingerprint density at radius 3 is 2.78 bits per heavy atom. The summed E-state index contributed by atoms with van der Waals surface area (Å²) in [5.74, 6) is 0.629. The summed E-state index contributed by atoms with van der Waals surface area (Å²) in [7, 11) is 1.60. The van der Waals surface area contributed by atoms with Crippen LogP contribution in [0, 0.1) is 0 Å². The van der Waals surface area contributed by atoms with E-state index in [9.17, 15) is 9.59 Å². The fourth-order valence-electron chi connectivity index (χ4n) is 2.67. The molecule has 5 nitrogen and oxygen atoms in total. The lowest BCUT2D eigenvalue weighted by molar-refractivity contribution is -0.133. The maximum atomic E-state index is 12.5. The van der Waals surface area contributed by atoms with Gasteiger partial charge in [0.1, 0.15) is 11.8 Å². The zero-order chi connectivity index (χ0) is 16.2. The van der Waals surface area contributed by atoms with Crippen LogP contribution in [0.25, 0.3) is 0 Å². The highest BCUT2D eigenvalue weighted by Crippen LogP contribution is 2.25. The number of methoxy groups -OCH3 is 1. The topological polar surface area (TPSA) is 58.6 Å². The first-order valence-electron chi connectivity index (χ1n) is 7.44. The van der Waals surface area contributed by atoms with Crippen LogP contribution in [0.1, 0.15) is 17.7 Å². The average molecular weight is 330 g/mol. The Balaban J connectivity index is 1.68. The molecule has 1 N–H and O–H groups in total. The third-order valence-corrected chi connectivity index (χ3v) is 4.76. The molecule has 1 atom stereocenters. The molecule has 23 heavy (non-hydrogen) atoms. The first-order valence-corrected chi connectivity index (χ1v) is 8.32. The second-order valence-corrected chi connectivity index (χ2v) is 6.41. The van der Waals surface area contributed by atoms with Gasteiger partial charge >= 0.3 is 0 Å². The molecular weight excluding hydrogens is 312 g/mol. The van der Waals surface area contributed by atoms with E-state index in [1.54, 1.807) is 47.6 Å². The number of amides is 2. The molecule has 0 bridgehead atoms. The third-order valence-electron chi connectivity index (χ3n) is 3.89. The minimum atomic E-state index is -0.410. The number of carbonyl (C=O) groups excluding carboxylic acids is 2. The summed E-state index contributed by atoms with van der Waals surface area (Å²) in [4.78, 5) is 27.4. The predicted octanol–water partition coefficient (Wildman–Crippen LogP) is 2.89. The highest BCUT2D eigenvalue weighted by molar-refractivity contribution is 7.09. The lowest BCUT2D eigenvalue weighted by atomic mass is 10.2. The van der Waals surface area contributed by atoms with Crippen molar-refractivity contribution in [1.29, 1.82) is 0 Å². The van der Waals surface area contributed by atoms with Crippen molar-refractivity contribution in [3.8, 4) is 5.75 Å². The van der Waals surface area contributed by atoms with E-state index in [2.05, 4.69) is 5.32 Å². The normalized spacial score (nSPS) is 17.3. The van der Waals surface area contributed by atoms with Gasteiger partial charge in [0.25, 0.3) is 0 Å². The number of thiophene rings is 1. The number of nitrogens with one attached hydrogen (secondary N) is 1. The summed E-state index contributed by atoms with van der Waals surface area (Å²) in [6, 6.07) is 10.7. The summed E-state index contributed by atoms with van der Waals surface area (Å²) < 4.78 is 5.10. The Labute approximate surface area is 138 Å². The molecule has 0 spiro atoms. The van der Waals surface area contributed by atoms with E-state index >= 15 is 0 Å². The van der Waals surface area contributed by atoms with Gasteiger partial charge in [-0.15, -0.1) is 11.3 Å². The standard InChI is InChI=1S/C17H18N2O3S/c1-22-13-6-4-12(5-7-13)18-17(21)15-8-9-16(20)19(15)11-14-3-2-10-23-14/h2-7,10,15H,8-9,11H2,1H3,(H,18,21)/t15-/m0/s1. The van der Waals surface area contributed by atoms with E-state index in [0.29, 0.717) is 25.1 Å². The molecule has 3 rings (SSSR count). The van der Waals surface area contributed by atoms with Gasteiger partial charge in [-0.05, 0) is 42.1 Å². The van der Waals surface area contributed by atoms with Crippen molar-refractivity contribution in [3.63, 3.8) is 0 Å². The van der Waals surface area contributed by atoms with Crippen molar-refractivity contribution >= 4 is 28.8 Å². The van der Waals surface area contributed by atoms with Gasteiger partial charge in [-0.2, -0.15) is 0 Å². The monoisotopic (exact) mass is 330 g/mol. The number of anilines is 1. The van der Waals surface area contributed by atoms with Gasteiger partial charge in [0.15, 0.2) is 0 Å². The van der Waals surface area contributed by atoms with E-state index < -0.39 is 6.04 Å². The Hall–Kier alpha value is -2.34. The molecular formula is C17H18N2O3S. The zero-order valence-corrected chi connectivity index (χ0v) is 13.6. The zero-order valence-electron chi connectivity index (χ0n) is 12.8. The lowest BCUT2D eigenvalue weighted by Crippen LogP contribution is -2.40. The maximum Gasteiger partial charge on any atom is 0.247 e. The Morgan fingerprint density at radius 1 is 1.35 bits per heavy atom. The smallest absolute Gasteiger partial charge is 0.247 e. The molecule has 1 aliphatic heterocycles. The molecule has 0 radical (unpaired) electrons. The van der Waals surface area contributed by atoms with Crippen LogP contribution in [0.5, 0.6) is 5.75 Å². The average Bonchev–Trinajstić information content (AvgIpc) is 3.19. The number of benzene rings is 1. The van der Waals surface area contributed by atoms with E-state index in [0.717, 1.165) is 10.6 Å². The van der Waals surface area contributed by atoms with Crippen molar-refractivity contribution in [1.82, 2.24) is 4.90 Å². The molecule has 2 amide bonds. The molecule has 2 heterocycles. The van der Waals surface area contributed by atoms with Gasteiger partial charge in [0.05, 0.1) is 13.7 Å². The van der Waals surface area contributed by atoms with Gasteiger partial charge in [0, 0.05) is 17.0 Å². The van der Waals surface area contributed by atoms with Crippen molar-refractivity contribution < 1.29 is 14.3 Å². The molecule has 1 saturated heterocycles. The second-order valence-electron chi connectivity index (χ2n) is 5.37. The number of nitrogens with zero attached hydrogens (tertiary/aromatic N) is 1. The maximum absolute atomic E-state index is 12.5. The first kappa shape index (κ1) is 15.6. The van der Waals surface area contributed by atoms with Gasteiger partial charge in [0.2, 0.25) is 11.8 Å². The van der Waals surface area contributed by atoms with Crippen LogP contribution < -0.4 is 10.1 Å². The first-order chi connectivity index (χ1) is 11.2. The molecule has 1 aromatic heterocycles. The van der Waals surface area contributed by atoms with Crippen molar-refractivity contribution in [3.05, 3.63) is 46.7 Å². The van der Waals surface area contributed by atoms with Crippen molar-refractivity contribution in [2.75, 3.05) is 12.4 Å². The SMILES string of the molecule is COc1ccc(NC(=O)[C@@H]2CCC(=O)N2Cc2cccs2)cc1. The van der Waals surface area contributed by atoms with Crippen LogP contribution >= 0.6 is 11.3 Å². The molecule has 1 fully saturated rings. The van der Waals surface area contributed by atoms with E-state index in [1.165, 1.54) is 0 Å². The lowest BCUT2D eigenvalue weighted by Gasteiger charge is -2.23. The van der Waals surface area contributed by atoms with Crippen LogP contribution in [-0.4, -0.2) is 29.9 Å². The molecule has 2 aromatic rings. The minimum absolute atomic E-state index is 0.0354. The van der Waals surface area contributed by atoms with Gasteiger partial charge in [-0.3, -0.25) is 9.59 Å². The highest BCUT2D eigenvalue weighted by Gasteiger charge is 2.36. The molecule has 120 valence electrons. The van der Waals surface area contributed by atoms with Crippen molar-refractivity contribution in [2.24, 2.45) is 0 Å². The molecule has 0 unspecified atom stereocenters. The molecule has 0 saturated carbocycles. The third kappa shape index (κ3) is 3.53. The van der Waals surface area contributed by atoms with Crippen molar-refractivity contribution in [2.45, 2.75) is 25.4 Å². The van der Waals surface area contributed by atoms with Crippen LogP contribution in [0.3, 0.4) is 0 Å². The summed E-state index contributed by atoms with van der Waals surface area (Å²) in [6.45, 7) is 0.497. The second kappa shape index (κ2) is 6.83. The Bertz CT molecular complexity index is 682. The highest BCUT2D eigenvalue weighted by atomic mass is 32.1. The van der Waals surface area contributed by atoms with Gasteiger partial charge in [-0.1, -0.05) is 6.07 Å². The van der Waals surface area contributed by atoms with E-state index in [4.69, 9.17) is 4.74 Å². The summed E-state index contributed by atoms with van der Waals surface area (Å²) in [5.41, 5.74) is 0.700. The largest absolute Gasteiger partial charge is 0.497 e. The number of hydrogen-bond acceptors (Lipinski definition) is 4. The molecule has 6 heteroatoms. The summed E-state index contributed by atoms with van der Waals surface area (Å²) >= 11 is 1.59. The number of hydrogen-bond donors (Lipinski definition) is 1.